The summed E-state index contributed by atoms with van der Waals surface area (Å²) in [4.78, 5) is 0. The molecule has 0 aromatic carbocycles. The smallest absolute Gasteiger partial charge is 0.131 e. The summed E-state index contributed by atoms with van der Waals surface area (Å²) in [6.07, 6.45) is 20.6. The van der Waals surface area contributed by atoms with Gasteiger partial charge in [-0.25, -0.2) is 0 Å². The van der Waals surface area contributed by atoms with Gasteiger partial charge >= 0.3 is 0 Å². The lowest BCUT2D eigenvalue weighted by Gasteiger charge is -2.56. The highest BCUT2D eigenvalue weighted by molar-refractivity contribution is 5.26. The monoisotopic (exact) mass is 298 g/mol. The average Bonchev–Trinajstić information content (AvgIpc) is 2.89. The third kappa shape index (κ3) is 1.77. The summed E-state index contributed by atoms with van der Waals surface area (Å²) in [5.74, 6) is 6.05. The van der Waals surface area contributed by atoms with Crippen LogP contribution < -0.4 is 0 Å². The van der Waals surface area contributed by atoms with Crippen molar-refractivity contribution < 1.29 is 5.11 Å². The van der Waals surface area contributed by atoms with Crippen molar-refractivity contribution in [1.29, 1.82) is 0 Å². The van der Waals surface area contributed by atoms with Crippen molar-refractivity contribution in [3.8, 4) is 12.3 Å². The summed E-state index contributed by atoms with van der Waals surface area (Å²) in [5.41, 5.74) is 0.959. The van der Waals surface area contributed by atoms with Crippen LogP contribution in [-0.4, -0.2) is 10.7 Å². The Kier molecular flexibility index (Phi) is 3.46. The maximum atomic E-state index is 11.1. The zero-order valence-corrected chi connectivity index (χ0v) is 14.0. The molecular formula is C21H30O. The van der Waals surface area contributed by atoms with Crippen LogP contribution in [0.1, 0.15) is 71.1 Å². The van der Waals surface area contributed by atoms with E-state index in [-0.39, 0.29) is 5.41 Å². The van der Waals surface area contributed by atoms with Crippen molar-refractivity contribution in [1.82, 2.24) is 0 Å². The highest BCUT2D eigenvalue weighted by Crippen LogP contribution is 2.66. The molecule has 4 rings (SSSR count). The molecule has 0 spiro atoms. The zero-order chi connectivity index (χ0) is 15.4. The van der Waals surface area contributed by atoms with Gasteiger partial charge < -0.3 is 5.11 Å². The average molecular weight is 298 g/mol. The summed E-state index contributed by atoms with van der Waals surface area (Å²) < 4.78 is 0. The van der Waals surface area contributed by atoms with Gasteiger partial charge in [0, 0.05) is 5.41 Å². The van der Waals surface area contributed by atoms with Gasteiger partial charge in [-0.15, -0.1) is 6.42 Å². The number of fused-ring (bicyclic) bond motifs is 5. The third-order valence-corrected chi connectivity index (χ3v) is 8.10. The van der Waals surface area contributed by atoms with Crippen molar-refractivity contribution in [2.24, 2.45) is 29.1 Å². The molecule has 4 aliphatic carbocycles. The van der Waals surface area contributed by atoms with Crippen molar-refractivity contribution in [3.63, 3.8) is 0 Å². The van der Waals surface area contributed by atoms with E-state index < -0.39 is 5.60 Å². The summed E-state index contributed by atoms with van der Waals surface area (Å²) in [5, 5.41) is 11.1. The third-order valence-electron chi connectivity index (χ3n) is 8.10. The molecule has 0 heterocycles. The second-order valence-electron chi connectivity index (χ2n) is 8.38. The van der Waals surface area contributed by atoms with Crippen LogP contribution in [0, 0.1) is 41.4 Å². The van der Waals surface area contributed by atoms with Crippen LogP contribution >= 0.6 is 0 Å². The first-order valence-electron chi connectivity index (χ1n) is 9.54. The van der Waals surface area contributed by atoms with Gasteiger partial charge in [0.2, 0.25) is 0 Å². The molecule has 0 radical (unpaired) electrons. The molecule has 0 aliphatic heterocycles. The number of hydrogen-bond acceptors (Lipinski definition) is 1. The van der Waals surface area contributed by atoms with E-state index in [4.69, 9.17) is 6.42 Å². The normalized spacial score (nSPS) is 50.3. The quantitative estimate of drug-likeness (QED) is 0.549. The minimum atomic E-state index is -0.833. The number of aliphatic hydroxyl groups is 1. The maximum Gasteiger partial charge on any atom is 0.131 e. The van der Waals surface area contributed by atoms with Gasteiger partial charge in [0.15, 0.2) is 0 Å². The molecule has 1 N–H and O–H groups in total. The van der Waals surface area contributed by atoms with Crippen molar-refractivity contribution in [2.75, 3.05) is 0 Å². The van der Waals surface area contributed by atoms with Gasteiger partial charge in [0.1, 0.15) is 5.60 Å². The molecule has 3 fully saturated rings. The van der Waals surface area contributed by atoms with E-state index in [1.54, 1.807) is 5.57 Å². The molecular weight excluding hydrogens is 268 g/mol. The molecule has 0 aromatic rings. The molecule has 0 aromatic heterocycles. The summed E-state index contributed by atoms with van der Waals surface area (Å²) >= 11 is 0. The Morgan fingerprint density at radius 1 is 1.23 bits per heavy atom. The van der Waals surface area contributed by atoms with Crippen molar-refractivity contribution in [3.05, 3.63) is 11.6 Å². The van der Waals surface area contributed by atoms with Crippen LogP contribution in [0.2, 0.25) is 0 Å². The number of terminal acetylenes is 1. The summed E-state index contributed by atoms with van der Waals surface area (Å²) in [6.45, 7) is 2.26. The Morgan fingerprint density at radius 3 is 2.86 bits per heavy atom. The first-order valence-corrected chi connectivity index (χ1v) is 9.54. The van der Waals surface area contributed by atoms with E-state index in [0.717, 1.165) is 43.4 Å². The second kappa shape index (κ2) is 5.13. The lowest BCUT2D eigenvalue weighted by Crippen LogP contribution is -2.53. The van der Waals surface area contributed by atoms with E-state index in [9.17, 15) is 5.11 Å². The van der Waals surface area contributed by atoms with Gasteiger partial charge in [-0.3, -0.25) is 0 Å². The van der Waals surface area contributed by atoms with Gasteiger partial charge in [0.05, 0.1) is 0 Å². The van der Waals surface area contributed by atoms with Gasteiger partial charge in [-0.2, -0.15) is 0 Å². The summed E-state index contributed by atoms with van der Waals surface area (Å²) in [6, 6.07) is 0. The van der Waals surface area contributed by atoms with Crippen LogP contribution in [0.5, 0.6) is 0 Å². The minimum absolute atomic E-state index is 0.0127. The lowest BCUT2D eigenvalue weighted by molar-refractivity contribution is -0.0993. The fourth-order valence-corrected chi connectivity index (χ4v) is 7.08. The summed E-state index contributed by atoms with van der Waals surface area (Å²) in [7, 11) is 0. The molecule has 0 bridgehead atoms. The highest BCUT2D eigenvalue weighted by Gasteiger charge is 2.63. The van der Waals surface area contributed by atoms with E-state index >= 15 is 0 Å². The van der Waals surface area contributed by atoms with E-state index in [1.165, 1.54) is 38.5 Å². The zero-order valence-electron chi connectivity index (χ0n) is 14.0. The number of hydrogen-bond donors (Lipinski definition) is 1. The SMILES string of the molecule is C#C[C@]1(O)CC[C@H]2[C@@H]3CCC4=CCCC[C@@H]4[C@H]3CC[C@@]21CC. The number of rotatable bonds is 1. The van der Waals surface area contributed by atoms with E-state index in [0.29, 0.717) is 5.92 Å². The fourth-order valence-electron chi connectivity index (χ4n) is 7.08. The molecule has 6 atom stereocenters. The first-order chi connectivity index (χ1) is 10.6. The topological polar surface area (TPSA) is 20.2 Å². The molecule has 120 valence electrons. The predicted octanol–water partition coefficient (Wildman–Crippen LogP) is 4.70. The Bertz CT molecular complexity index is 527. The Hall–Kier alpha value is -0.740. The second-order valence-corrected chi connectivity index (χ2v) is 8.38. The molecule has 0 unspecified atom stereocenters. The van der Waals surface area contributed by atoms with Gasteiger partial charge in [0.25, 0.3) is 0 Å². The van der Waals surface area contributed by atoms with Crippen molar-refractivity contribution in [2.45, 2.75) is 76.7 Å². The largest absolute Gasteiger partial charge is 0.377 e. The van der Waals surface area contributed by atoms with Crippen LogP contribution in [0.15, 0.2) is 11.6 Å². The molecule has 3 saturated carbocycles. The molecule has 4 aliphatic rings. The Balaban J connectivity index is 1.68. The van der Waals surface area contributed by atoms with Crippen LogP contribution in [0.4, 0.5) is 0 Å². The van der Waals surface area contributed by atoms with E-state index in [1.807, 2.05) is 0 Å². The lowest BCUT2D eigenvalue weighted by atomic mass is 9.49. The maximum absolute atomic E-state index is 11.1. The number of allylic oxidation sites excluding steroid dienone is 2. The van der Waals surface area contributed by atoms with Crippen LogP contribution in [-0.2, 0) is 0 Å². The molecule has 1 nitrogen and oxygen atoms in total. The molecule has 22 heavy (non-hydrogen) atoms. The van der Waals surface area contributed by atoms with Crippen molar-refractivity contribution >= 4 is 0 Å². The minimum Gasteiger partial charge on any atom is -0.377 e. The van der Waals surface area contributed by atoms with Gasteiger partial charge in [-0.05, 0) is 87.9 Å². The Labute approximate surface area is 135 Å². The molecule has 0 saturated heterocycles. The van der Waals surface area contributed by atoms with Gasteiger partial charge in [-0.1, -0.05) is 24.5 Å². The van der Waals surface area contributed by atoms with Crippen LogP contribution in [0.25, 0.3) is 0 Å². The molecule has 0 amide bonds. The highest BCUT2D eigenvalue weighted by atomic mass is 16.3. The molecule has 1 heteroatoms. The first kappa shape index (κ1) is 14.8. The van der Waals surface area contributed by atoms with E-state index in [2.05, 4.69) is 18.9 Å². The predicted molar refractivity (Wildman–Crippen MR) is 90.1 cm³/mol. The standard InChI is InChI=1S/C21H30O/c1-3-20-13-11-17-16-8-6-5-7-15(16)9-10-18(17)19(20)12-14-21(20,22)4-2/h2,7,16-19,22H,3,5-6,8-14H2,1H3/t16-,17+,18+,19-,20-,21-/m0/s1. The Morgan fingerprint density at radius 2 is 2.09 bits per heavy atom. The fraction of sp³-hybridized carbons (Fsp3) is 0.810. The van der Waals surface area contributed by atoms with Crippen LogP contribution in [0.3, 0.4) is 0 Å².